The van der Waals surface area contributed by atoms with Gasteiger partial charge >= 0.3 is 0 Å². The van der Waals surface area contributed by atoms with Crippen molar-refractivity contribution in [3.05, 3.63) is 30.3 Å². The smallest absolute Gasteiger partial charge is 0.246 e. The summed E-state index contributed by atoms with van der Waals surface area (Å²) >= 11 is 0. The molecule has 0 aromatic heterocycles. The van der Waals surface area contributed by atoms with Crippen LogP contribution in [-0.4, -0.2) is 44.6 Å². The predicted octanol–water partition coefficient (Wildman–Crippen LogP) is 2.10. The van der Waals surface area contributed by atoms with E-state index in [-0.39, 0.29) is 5.91 Å². The summed E-state index contributed by atoms with van der Waals surface area (Å²) in [4.78, 5) is 14.5. The van der Waals surface area contributed by atoms with Crippen LogP contribution in [0.3, 0.4) is 0 Å². The molecule has 0 saturated carbocycles. The number of para-hydroxylation sites is 1. The van der Waals surface area contributed by atoms with E-state index < -0.39 is 16.1 Å². The largest absolute Gasteiger partial charge is 0.341 e. The number of benzene rings is 1. The van der Waals surface area contributed by atoms with Gasteiger partial charge in [-0.3, -0.25) is 9.10 Å². The summed E-state index contributed by atoms with van der Waals surface area (Å²) in [5.74, 6) is 0.342. The van der Waals surface area contributed by atoms with Crippen LogP contribution >= 0.6 is 0 Å². The average molecular weight is 324 g/mol. The van der Waals surface area contributed by atoms with E-state index in [0.29, 0.717) is 24.7 Å². The summed E-state index contributed by atoms with van der Waals surface area (Å²) in [5, 5.41) is 0. The van der Waals surface area contributed by atoms with Crippen molar-refractivity contribution >= 4 is 21.6 Å². The van der Waals surface area contributed by atoms with E-state index in [4.69, 9.17) is 0 Å². The Morgan fingerprint density at radius 2 is 1.95 bits per heavy atom. The second kappa shape index (κ2) is 6.69. The number of carbonyl (C=O) groups excluding carboxylic acids is 1. The van der Waals surface area contributed by atoms with Gasteiger partial charge in [0.15, 0.2) is 0 Å². The molecule has 0 spiro atoms. The molecule has 0 bridgehead atoms. The maximum atomic E-state index is 12.7. The third kappa shape index (κ3) is 3.80. The normalized spacial score (nSPS) is 20.5. The molecule has 0 unspecified atom stereocenters. The number of likely N-dealkylation sites (tertiary alicyclic amines) is 1. The molecule has 5 nitrogen and oxygen atoms in total. The molecule has 0 N–H and O–H groups in total. The molecule has 1 aromatic carbocycles. The highest BCUT2D eigenvalue weighted by atomic mass is 32.2. The van der Waals surface area contributed by atoms with Crippen molar-refractivity contribution in [2.75, 3.05) is 23.7 Å². The number of rotatable bonds is 4. The zero-order valence-corrected chi connectivity index (χ0v) is 14.2. The predicted molar refractivity (Wildman–Crippen MR) is 88.2 cm³/mol. The van der Waals surface area contributed by atoms with E-state index in [1.807, 2.05) is 6.07 Å². The lowest BCUT2D eigenvalue weighted by Gasteiger charge is -2.36. The highest BCUT2D eigenvalue weighted by Crippen LogP contribution is 2.23. The molecule has 6 heteroatoms. The molecule has 1 saturated heterocycles. The Hall–Kier alpha value is -1.56. The zero-order chi connectivity index (χ0) is 16.3. The SMILES string of the molecule is C[C@@H]1CCCN(C(=O)[C@H](C)N(c2ccccc2)S(C)(=O)=O)C1. The number of hydrogen-bond acceptors (Lipinski definition) is 3. The standard InChI is InChI=1S/C16H24N2O3S/c1-13-8-7-11-17(12-13)16(19)14(2)18(22(3,20)21)15-9-5-4-6-10-15/h4-6,9-10,13-14H,7-8,11-12H2,1-3H3/t13-,14+/m1/s1. The van der Waals surface area contributed by atoms with Crippen LogP contribution in [0.5, 0.6) is 0 Å². The maximum absolute atomic E-state index is 12.7. The van der Waals surface area contributed by atoms with Crippen molar-refractivity contribution < 1.29 is 13.2 Å². The number of amides is 1. The minimum atomic E-state index is -3.53. The van der Waals surface area contributed by atoms with Gasteiger partial charge in [0.25, 0.3) is 0 Å². The van der Waals surface area contributed by atoms with Gasteiger partial charge in [0, 0.05) is 13.1 Å². The number of anilines is 1. The third-order valence-corrected chi connectivity index (χ3v) is 5.29. The Morgan fingerprint density at radius 3 is 2.50 bits per heavy atom. The van der Waals surface area contributed by atoms with E-state index in [1.54, 1.807) is 36.1 Å². The third-order valence-electron chi connectivity index (χ3n) is 4.05. The lowest BCUT2D eigenvalue weighted by molar-refractivity contribution is -0.133. The average Bonchev–Trinajstić information content (AvgIpc) is 2.46. The molecule has 1 aromatic rings. The van der Waals surface area contributed by atoms with Crippen LogP contribution in [0.4, 0.5) is 5.69 Å². The van der Waals surface area contributed by atoms with Gasteiger partial charge in [0.1, 0.15) is 6.04 Å². The molecule has 122 valence electrons. The van der Waals surface area contributed by atoms with E-state index >= 15 is 0 Å². The number of sulfonamides is 1. The maximum Gasteiger partial charge on any atom is 0.246 e. The number of piperidine rings is 1. The number of hydrogen-bond donors (Lipinski definition) is 0. The molecule has 1 amide bonds. The zero-order valence-electron chi connectivity index (χ0n) is 13.4. The van der Waals surface area contributed by atoms with Crippen LogP contribution in [0, 0.1) is 5.92 Å². The summed E-state index contributed by atoms with van der Waals surface area (Å²) in [6, 6.07) is 8.06. The fourth-order valence-electron chi connectivity index (χ4n) is 3.03. The Bertz CT molecular complexity index is 616. The van der Waals surface area contributed by atoms with E-state index in [9.17, 15) is 13.2 Å². The number of carbonyl (C=O) groups is 1. The molecule has 1 aliphatic rings. The van der Waals surface area contributed by atoms with E-state index in [1.165, 1.54) is 4.31 Å². The molecule has 1 fully saturated rings. The Morgan fingerprint density at radius 1 is 1.32 bits per heavy atom. The second-order valence-electron chi connectivity index (χ2n) is 6.10. The fourth-order valence-corrected chi connectivity index (χ4v) is 4.20. The minimum absolute atomic E-state index is 0.124. The van der Waals surface area contributed by atoms with Crippen LogP contribution < -0.4 is 4.31 Å². The lowest BCUT2D eigenvalue weighted by Crippen LogP contribution is -2.51. The molecular formula is C16H24N2O3S. The first-order chi connectivity index (χ1) is 10.3. The fraction of sp³-hybridized carbons (Fsp3) is 0.562. The number of nitrogens with zero attached hydrogens (tertiary/aromatic N) is 2. The van der Waals surface area contributed by atoms with Crippen molar-refractivity contribution in [2.24, 2.45) is 5.92 Å². The van der Waals surface area contributed by atoms with Gasteiger partial charge in [-0.25, -0.2) is 8.42 Å². The van der Waals surface area contributed by atoms with Gasteiger partial charge in [-0.1, -0.05) is 25.1 Å². The van der Waals surface area contributed by atoms with Gasteiger partial charge in [-0.15, -0.1) is 0 Å². The lowest BCUT2D eigenvalue weighted by atomic mass is 10.00. The highest BCUT2D eigenvalue weighted by Gasteiger charge is 2.33. The van der Waals surface area contributed by atoms with Crippen LogP contribution in [0.1, 0.15) is 26.7 Å². The Labute approximate surface area is 133 Å². The van der Waals surface area contributed by atoms with Crippen LogP contribution in [0.25, 0.3) is 0 Å². The van der Waals surface area contributed by atoms with Crippen LogP contribution in [0.15, 0.2) is 30.3 Å². The summed E-state index contributed by atoms with van der Waals surface area (Å²) in [5.41, 5.74) is 0.524. The molecule has 0 aliphatic carbocycles. The van der Waals surface area contributed by atoms with Gasteiger partial charge in [0.05, 0.1) is 11.9 Å². The van der Waals surface area contributed by atoms with E-state index in [0.717, 1.165) is 19.1 Å². The molecule has 2 rings (SSSR count). The van der Waals surface area contributed by atoms with E-state index in [2.05, 4.69) is 6.92 Å². The van der Waals surface area contributed by atoms with Gasteiger partial charge < -0.3 is 4.90 Å². The summed E-state index contributed by atoms with van der Waals surface area (Å²) < 4.78 is 25.6. The minimum Gasteiger partial charge on any atom is -0.341 e. The van der Waals surface area contributed by atoms with Crippen molar-refractivity contribution in [2.45, 2.75) is 32.7 Å². The first kappa shape index (κ1) is 16.8. The summed E-state index contributed by atoms with van der Waals surface area (Å²) in [7, 11) is -3.53. The second-order valence-corrected chi connectivity index (χ2v) is 7.96. The molecule has 1 heterocycles. The summed E-state index contributed by atoms with van der Waals surface area (Å²) in [6.07, 6.45) is 3.24. The van der Waals surface area contributed by atoms with Crippen molar-refractivity contribution in [1.82, 2.24) is 4.90 Å². The Balaban J connectivity index is 2.26. The summed E-state index contributed by atoms with van der Waals surface area (Å²) in [6.45, 7) is 5.20. The van der Waals surface area contributed by atoms with Crippen molar-refractivity contribution in [3.8, 4) is 0 Å². The molecular weight excluding hydrogens is 300 g/mol. The first-order valence-corrected chi connectivity index (χ1v) is 9.49. The van der Waals surface area contributed by atoms with Crippen molar-refractivity contribution in [3.63, 3.8) is 0 Å². The van der Waals surface area contributed by atoms with Gasteiger partial charge in [0.2, 0.25) is 15.9 Å². The van der Waals surface area contributed by atoms with Gasteiger partial charge in [-0.05, 0) is 37.8 Å². The van der Waals surface area contributed by atoms with Crippen molar-refractivity contribution in [1.29, 1.82) is 0 Å². The molecule has 0 radical (unpaired) electrons. The molecule has 22 heavy (non-hydrogen) atoms. The van der Waals surface area contributed by atoms with Crippen LogP contribution in [0.2, 0.25) is 0 Å². The molecule has 2 atom stereocenters. The highest BCUT2D eigenvalue weighted by molar-refractivity contribution is 7.92. The Kier molecular flexibility index (Phi) is 5.11. The monoisotopic (exact) mass is 324 g/mol. The first-order valence-electron chi connectivity index (χ1n) is 7.64. The van der Waals surface area contributed by atoms with Crippen LogP contribution in [-0.2, 0) is 14.8 Å². The quantitative estimate of drug-likeness (QED) is 0.852. The van der Waals surface area contributed by atoms with Gasteiger partial charge in [-0.2, -0.15) is 0 Å². The topological polar surface area (TPSA) is 57.7 Å². The molecule has 1 aliphatic heterocycles.